The van der Waals surface area contributed by atoms with E-state index in [0.717, 1.165) is 39.2 Å². The van der Waals surface area contributed by atoms with Crippen molar-refractivity contribution in [2.75, 3.05) is 7.11 Å². The Morgan fingerprint density at radius 2 is 2.24 bits per heavy atom. The largest absolute Gasteiger partial charge is 0.779 e. The summed E-state index contributed by atoms with van der Waals surface area (Å²) in [6.07, 6.45) is 2.61. The smallest absolute Gasteiger partial charge is 0.145 e. The minimum Gasteiger partial charge on any atom is -0.779 e. The van der Waals surface area contributed by atoms with Crippen LogP contribution in [0, 0.1) is 6.92 Å². The summed E-state index contributed by atoms with van der Waals surface area (Å²) in [6, 6.07) is 5.82. The second-order valence-corrected chi connectivity index (χ2v) is 4.26. The van der Waals surface area contributed by atoms with Crippen LogP contribution < -0.4 is 4.74 Å². The quantitative estimate of drug-likeness (QED) is 0.611. The van der Waals surface area contributed by atoms with E-state index in [9.17, 15) is 0 Å². The van der Waals surface area contributed by atoms with E-state index in [1.54, 1.807) is 7.11 Å². The molecule has 1 aromatic heterocycles. The fraction of sp³-hybridized carbons (Fsp3) is 0.214. The molecule has 0 saturated heterocycles. The highest BCUT2D eigenvalue weighted by molar-refractivity contribution is 7.59. The highest BCUT2D eigenvalue weighted by atomic mass is 32.1. The van der Waals surface area contributed by atoms with Crippen molar-refractivity contribution in [1.29, 1.82) is 0 Å². The zero-order chi connectivity index (χ0) is 12.4. The minimum absolute atomic E-state index is 0.755. The molecule has 0 aliphatic heterocycles. The minimum atomic E-state index is 0.755. The number of hydrogen-bond acceptors (Lipinski definition) is 3. The maximum Gasteiger partial charge on any atom is 0.145 e. The van der Waals surface area contributed by atoms with Crippen molar-refractivity contribution in [2.24, 2.45) is 0 Å². The van der Waals surface area contributed by atoms with E-state index in [1.165, 1.54) is 0 Å². The van der Waals surface area contributed by atoms with Gasteiger partial charge in [-0.05, 0) is 30.4 Å². The Morgan fingerprint density at radius 3 is 2.88 bits per heavy atom. The van der Waals surface area contributed by atoms with Gasteiger partial charge in [0.1, 0.15) is 11.3 Å². The molecule has 88 valence electrons. The first kappa shape index (κ1) is 11.9. The number of pyridine rings is 1. The van der Waals surface area contributed by atoms with Crippen molar-refractivity contribution in [3.63, 3.8) is 0 Å². The number of allylic oxidation sites excluding steroid dienone is 1. The van der Waals surface area contributed by atoms with E-state index in [0.29, 0.717) is 0 Å². The molecule has 0 aliphatic rings. The second kappa shape index (κ2) is 4.72. The molecule has 17 heavy (non-hydrogen) atoms. The van der Waals surface area contributed by atoms with Gasteiger partial charge in [-0.2, -0.15) is 4.90 Å². The van der Waals surface area contributed by atoms with Crippen LogP contribution in [0.3, 0.4) is 0 Å². The van der Waals surface area contributed by atoms with Gasteiger partial charge in [-0.1, -0.05) is 18.2 Å². The van der Waals surface area contributed by atoms with Gasteiger partial charge in [-0.15, -0.1) is 6.58 Å². The summed E-state index contributed by atoms with van der Waals surface area (Å²) in [5.74, 6) is 0.766. The van der Waals surface area contributed by atoms with Crippen LogP contribution in [-0.2, 0) is 19.0 Å². The molecule has 2 nitrogen and oxygen atoms in total. The summed E-state index contributed by atoms with van der Waals surface area (Å²) < 4.78 is 5.31. The zero-order valence-corrected chi connectivity index (χ0v) is 10.8. The zero-order valence-electron chi connectivity index (χ0n) is 9.99. The lowest BCUT2D eigenvalue weighted by Gasteiger charge is -2.19. The first-order valence-electron chi connectivity index (χ1n) is 5.43. The lowest BCUT2D eigenvalue weighted by Crippen LogP contribution is -1.98. The van der Waals surface area contributed by atoms with Crippen LogP contribution in [0.15, 0.2) is 35.7 Å². The number of hydrogen-bond donors (Lipinski definition) is 0. The number of para-hydroxylation sites is 1. The van der Waals surface area contributed by atoms with Crippen LogP contribution in [0.2, 0.25) is 0 Å². The van der Waals surface area contributed by atoms with Crippen molar-refractivity contribution in [1.82, 2.24) is 4.98 Å². The van der Waals surface area contributed by atoms with E-state index in [4.69, 9.17) is 17.4 Å². The number of aromatic nitrogens is 1. The second-order valence-electron chi connectivity index (χ2n) is 3.85. The highest BCUT2D eigenvalue weighted by Crippen LogP contribution is 2.29. The first-order valence-corrected chi connectivity index (χ1v) is 5.84. The molecule has 3 heteroatoms. The topological polar surface area (TPSA) is 22.1 Å². The molecule has 0 spiro atoms. The summed E-state index contributed by atoms with van der Waals surface area (Å²) in [4.78, 5) is 5.44. The van der Waals surface area contributed by atoms with Crippen molar-refractivity contribution in [3.8, 4) is 5.75 Å². The van der Waals surface area contributed by atoms with E-state index < -0.39 is 0 Å². The molecule has 0 bridgehead atoms. The molecule has 0 fully saturated rings. The Balaban J connectivity index is 2.80. The standard InChI is InChI=1S/C14H15NOS/c1-4-6-10-9(2)15-13-11(14(10)17)7-5-8-12(13)16-3/h4-5,7-8H,1,6H2,2-3H3,(H,15,17)/p-1. The van der Waals surface area contributed by atoms with Gasteiger partial charge in [0.2, 0.25) is 0 Å². The molecule has 1 aromatic carbocycles. The molecule has 0 N–H and O–H groups in total. The first-order chi connectivity index (χ1) is 8.19. The Morgan fingerprint density at radius 1 is 1.47 bits per heavy atom. The van der Waals surface area contributed by atoms with Crippen LogP contribution in [0.25, 0.3) is 10.9 Å². The lowest BCUT2D eigenvalue weighted by molar-refractivity contribution is 0.418. The number of fused-ring (bicyclic) bond motifs is 1. The van der Waals surface area contributed by atoms with Gasteiger partial charge in [0.25, 0.3) is 0 Å². The molecule has 0 atom stereocenters. The third-order valence-electron chi connectivity index (χ3n) is 2.80. The summed E-state index contributed by atoms with van der Waals surface area (Å²) >= 11 is 5.51. The lowest BCUT2D eigenvalue weighted by atomic mass is 10.1. The molecular formula is C14H14NOS-. The van der Waals surface area contributed by atoms with Crippen LogP contribution in [0.4, 0.5) is 0 Å². The van der Waals surface area contributed by atoms with Gasteiger partial charge in [-0.25, -0.2) is 4.98 Å². The SMILES string of the molecule is C=CCc1c(C)nc2c(OC)cccc2c1[S-]. The predicted octanol–water partition coefficient (Wildman–Crippen LogP) is 3.19. The molecule has 0 aliphatic carbocycles. The van der Waals surface area contributed by atoms with E-state index >= 15 is 0 Å². The highest BCUT2D eigenvalue weighted by Gasteiger charge is 2.07. The van der Waals surface area contributed by atoms with E-state index in [-0.39, 0.29) is 0 Å². The van der Waals surface area contributed by atoms with Gasteiger partial charge in [0.15, 0.2) is 0 Å². The average molecular weight is 244 g/mol. The summed E-state index contributed by atoms with van der Waals surface area (Å²) in [5, 5.41) is 0.974. The third kappa shape index (κ3) is 1.98. The fourth-order valence-corrected chi connectivity index (χ4v) is 2.33. The Labute approximate surface area is 107 Å². The maximum atomic E-state index is 5.51. The Bertz CT molecular complexity index is 578. The van der Waals surface area contributed by atoms with Crippen LogP contribution >= 0.6 is 0 Å². The average Bonchev–Trinajstić information content (AvgIpc) is 2.34. The van der Waals surface area contributed by atoms with Crippen molar-refractivity contribution >= 4 is 23.5 Å². The Hall–Kier alpha value is -1.61. The third-order valence-corrected chi connectivity index (χ3v) is 3.27. The molecule has 1 heterocycles. The number of rotatable bonds is 3. The van der Waals surface area contributed by atoms with E-state index in [2.05, 4.69) is 11.6 Å². The molecule has 2 rings (SSSR count). The van der Waals surface area contributed by atoms with Crippen LogP contribution in [0.1, 0.15) is 11.3 Å². The van der Waals surface area contributed by atoms with Gasteiger partial charge >= 0.3 is 0 Å². The van der Waals surface area contributed by atoms with E-state index in [1.807, 2.05) is 31.2 Å². The normalized spacial score (nSPS) is 10.5. The van der Waals surface area contributed by atoms with Gasteiger partial charge in [0.05, 0.1) is 7.11 Å². The number of nitrogens with zero attached hydrogens (tertiary/aromatic N) is 1. The fourth-order valence-electron chi connectivity index (χ4n) is 1.93. The molecule has 0 saturated carbocycles. The molecule has 0 unspecified atom stereocenters. The predicted molar refractivity (Wildman–Crippen MR) is 72.6 cm³/mol. The number of methoxy groups -OCH3 is 1. The summed E-state index contributed by atoms with van der Waals surface area (Å²) in [5.41, 5.74) is 2.87. The molecule has 2 aromatic rings. The van der Waals surface area contributed by atoms with Gasteiger partial charge in [0, 0.05) is 5.69 Å². The number of ether oxygens (including phenoxy) is 1. The van der Waals surface area contributed by atoms with Gasteiger partial charge < -0.3 is 17.4 Å². The van der Waals surface area contributed by atoms with Crippen molar-refractivity contribution in [2.45, 2.75) is 18.2 Å². The monoisotopic (exact) mass is 244 g/mol. The van der Waals surface area contributed by atoms with Crippen molar-refractivity contribution in [3.05, 3.63) is 42.1 Å². The van der Waals surface area contributed by atoms with Crippen LogP contribution in [0.5, 0.6) is 5.75 Å². The van der Waals surface area contributed by atoms with Gasteiger partial charge in [-0.3, -0.25) is 0 Å². The van der Waals surface area contributed by atoms with Crippen LogP contribution in [-0.4, -0.2) is 12.1 Å². The maximum absolute atomic E-state index is 5.51. The molecule has 0 amide bonds. The molecular weight excluding hydrogens is 230 g/mol. The van der Waals surface area contributed by atoms with Crippen molar-refractivity contribution < 1.29 is 4.74 Å². The summed E-state index contributed by atoms with van der Waals surface area (Å²) in [7, 11) is 1.65. The number of benzene rings is 1. The Kier molecular flexibility index (Phi) is 3.29. The summed E-state index contributed by atoms with van der Waals surface area (Å²) in [6.45, 7) is 5.73. The molecule has 0 radical (unpaired) electrons. The number of aryl methyl sites for hydroxylation is 1.